The molecule has 3 heteroatoms. The van der Waals surface area contributed by atoms with Gasteiger partial charge in [-0.05, 0) is 37.5 Å². The first-order chi connectivity index (χ1) is 10.3. The van der Waals surface area contributed by atoms with Crippen LogP contribution in [0.4, 0.5) is 0 Å². The minimum Gasteiger partial charge on any atom is -0.493 e. The maximum absolute atomic E-state index is 12.2. The first-order valence-corrected chi connectivity index (χ1v) is 7.35. The molecule has 0 unspecified atom stereocenters. The highest BCUT2D eigenvalue weighted by Gasteiger charge is 2.10. The standard InChI is InChI=1S/C18H21NO2/c1-2-21-17-13-7-6-12-16(17)18(20)19-14-8-11-15-9-4-3-5-10-15/h3-7,9-10,12-13H,2,8,11,14H2,1H3,(H,19,20). The summed E-state index contributed by atoms with van der Waals surface area (Å²) < 4.78 is 5.47. The molecule has 1 amide bonds. The molecule has 21 heavy (non-hydrogen) atoms. The van der Waals surface area contributed by atoms with E-state index in [0.29, 0.717) is 24.5 Å². The lowest BCUT2D eigenvalue weighted by molar-refractivity contribution is 0.0949. The van der Waals surface area contributed by atoms with Gasteiger partial charge in [-0.1, -0.05) is 42.5 Å². The monoisotopic (exact) mass is 283 g/mol. The van der Waals surface area contributed by atoms with Crippen molar-refractivity contribution < 1.29 is 9.53 Å². The van der Waals surface area contributed by atoms with E-state index < -0.39 is 0 Å². The summed E-state index contributed by atoms with van der Waals surface area (Å²) in [5.41, 5.74) is 1.89. The van der Waals surface area contributed by atoms with E-state index in [1.807, 2.05) is 43.3 Å². The third-order valence-electron chi connectivity index (χ3n) is 3.20. The molecule has 0 atom stereocenters. The summed E-state index contributed by atoms with van der Waals surface area (Å²) in [5, 5.41) is 2.95. The Balaban J connectivity index is 1.82. The Labute approximate surface area is 126 Å². The molecular formula is C18H21NO2. The van der Waals surface area contributed by atoms with Gasteiger partial charge in [0.1, 0.15) is 5.75 Å². The molecule has 0 aliphatic rings. The number of carbonyl (C=O) groups excluding carboxylic acids is 1. The second-order valence-corrected chi connectivity index (χ2v) is 4.77. The van der Waals surface area contributed by atoms with Gasteiger partial charge in [0.05, 0.1) is 12.2 Å². The quantitative estimate of drug-likeness (QED) is 0.790. The molecule has 2 aromatic carbocycles. The van der Waals surface area contributed by atoms with Gasteiger partial charge in [-0.3, -0.25) is 4.79 Å². The van der Waals surface area contributed by atoms with Crippen molar-refractivity contribution in [1.29, 1.82) is 0 Å². The van der Waals surface area contributed by atoms with Gasteiger partial charge >= 0.3 is 0 Å². The lowest BCUT2D eigenvalue weighted by atomic mass is 10.1. The zero-order chi connectivity index (χ0) is 14.9. The van der Waals surface area contributed by atoms with Crippen LogP contribution in [0.25, 0.3) is 0 Å². The van der Waals surface area contributed by atoms with Gasteiger partial charge in [0, 0.05) is 6.54 Å². The van der Waals surface area contributed by atoms with Gasteiger partial charge in [-0.25, -0.2) is 0 Å². The molecule has 0 aliphatic carbocycles. The SMILES string of the molecule is CCOc1ccccc1C(=O)NCCCc1ccccc1. The number of hydrogen-bond donors (Lipinski definition) is 1. The van der Waals surface area contributed by atoms with E-state index in [9.17, 15) is 4.79 Å². The first-order valence-electron chi connectivity index (χ1n) is 7.35. The van der Waals surface area contributed by atoms with E-state index in [0.717, 1.165) is 12.8 Å². The molecule has 0 bridgehead atoms. The van der Waals surface area contributed by atoms with Gasteiger partial charge in [-0.2, -0.15) is 0 Å². The second-order valence-electron chi connectivity index (χ2n) is 4.77. The van der Waals surface area contributed by atoms with Crippen LogP contribution in [0.1, 0.15) is 29.3 Å². The number of amides is 1. The van der Waals surface area contributed by atoms with Crippen LogP contribution in [0.2, 0.25) is 0 Å². The third-order valence-corrected chi connectivity index (χ3v) is 3.20. The highest BCUT2D eigenvalue weighted by molar-refractivity contribution is 5.96. The Kier molecular flexibility index (Phi) is 5.83. The number of rotatable bonds is 7. The van der Waals surface area contributed by atoms with Gasteiger partial charge in [0.2, 0.25) is 0 Å². The van der Waals surface area contributed by atoms with E-state index in [2.05, 4.69) is 17.4 Å². The number of carbonyl (C=O) groups is 1. The van der Waals surface area contributed by atoms with Crippen molar-refractivity contribution in [2.45, 2.75) is 19.8 Å². The molecule has 0 radical (unpaired) electrons. The predicted octanol–water partition coefficient (Wildman–Crippen LogP) is 3.45. The van der Waals surface area contributed by atoms with E-state index >= 15 is 0 Å². The number of para-hydroxylation sites is 1. The molecule has 110 valence electrons. The minimum absolute atomic E-state index is 0.0767. The summed E-state index contributed by atoms with van der Waals surface area (Å²) in [7, 11) is 0. The van der Waals surface area contributed by atoms with Crippen molar-refractivity contribution in [1.82, 2.24) is 5.32 Å². The Hall–Kier alpha value is -2.29. The van der Waals surface area contributed by atoms with E-state index in [1.54, 1.807) is 6.07 Å². The molecule has 0 saturated heterocycles. The number of aryl methyl sites for hydroxylation is 1. The van der Waals surface area contributed by atoms with Crippen molar-refractivity contribution >= 4 is 5.91 Å². The van der Waals surface area contributed by atoms with Crippen LogP contribution in [-0.2, 0) is 6.42 Å². The van der Waals surface area contributed by atoms with Crippen LogP contribution in [-0.4, -0.2) is 19.1 Å². The van der Waals surface area contributed by atoms with Crippen molar-refractivity contribution in [2.75, 3.05) is 13.2 Å². The summed E-state index contributed by atoms with van der Waals surface area (Å²) in [6.07, 6.45) is 1.89. The molecule has 0 aliphatic heterocycles. The fourth-order valence-electron chi connectivity index (χ4n) is 2.17. The van der Waals surface area contributed by atoms with Crippen molar-refractivity contribution in [3.05, 3.63) is 65.7 Å². The van der Waals surface area contributed by atoms with Gasteiger partial charge in [0.15, 0.2) is 0 Å². The number of ether oxygens (including phenoxy) is 1. The maximum Gasteiger partial charge on any atom is 0.255 e. The Morgan fingerprint density at radius 2 is 1.76 bits per heavy atom. The summed E-state index contributed by atoms with van der Waals surface area (Å²) >= 11 is 0. The van der Waals surface area contributed by atoms with Crippen molar-refractivity contribution in [3.63, 3.8) is 0 Å². The summed E-state index contributed by atoms with van der Waals surface area (Å²) in [6, 6.07) is 17.6. The highest BCUT2D eigenvalue weighted by atomic mass is 16.5. The average molecular weight is 283 g/mol. The molecule has 0 aromatic heterocycles. The number of hydrogen-bond acceptors (Lipinski definition) is 2. The van der Waals surface area contributed by atoms with Crippen LogP contribution in [0.15, 0.2) is 54.6 Å². The lowest BCUT2D eigenvalue weighted by Crippen LogP contribution is -2.25. The molecule has 0 spiro atoms. The average Bonchev–Trinajstić information content (AvgIpc) is 2.53. The molecule has 0 heterocycles. The molecular weight excluding hydrogens is 262 g/mol. The minimum atomic E-state index is -0.0767. The van der Waals surface area contributed by atoms with Crippen LogP contribution >= 0.6 is 0 Å². The van der Waals surface area contributed by atoms with E-state index in [4.69, 9.17) is 4.74 Å². The van der Waals surface area contributed by atoms with Crippen LogP contribution < -0.4 is 10.1 Å². The number of benzene rings is 2. The lowest BCUT2D eigenvalue weighted by Gasteiger charge is -2.10. The fourth-order valence-corrected chi connectivity index (χ4v) is 2.17. The van der Waals surface area contributed by atoms with Gasteiger partial charge < -0.3 is 10.1 Å². The van der Waals surface area contributed by atoms with Crippen molar-refractivity contribution in [3.8, 4) is 5.75 Å². The van der Waals surface area contributed by atoms with Gasteiger partial charge in [-0.15, -0.1) is 0 Å². The highest BCUT2D eigenvalue weighted by Crippen LogP contribution is 2.17. The molecule has 2 aromatic rings. The second kappa shape index (κ2) is 8.10. The largest absolute Gasteiger partial charge is 0.493 e. The smallest absolute Gasteiger partial charge is 0.255 e. The normalized spacial score (nSPS) is 10.1. The third kappa shape index (κ3) is 4.63. The van der Waals surface area contributed by atoms with E-state index in [-0.39, 0.29) is 5.91 Å². The van der Waals surface area contributed by atoms with Crippen LogP contribution in [0.3, 0.4) is 0 Å². The zero-order valence-electron chi connectivity index (χ0n) is 12.3. The molecule has 2 rings (SSSR count). The van der Waals surface area contributed by atoms with Gasteiger partial charge in [0.25, 0.3) is 5.91 Å². The summed E-state index contributed by atoms with van der Waals surface area (Å²) in [4.78, 5) is 12.2. The summed E-state index contributed by atoms with van der Waals surface area (Å²) in [6.45, 7) is 3.13. The summed E-state index contributed by atoms with van der Waals surface area (Å²) in [5.74, 6) is 0.563. The Morgan fingerprint density at radius 1 is 1.05 bits per heavy atom. The van der Waals surface area contributed by atoms with E-state index in [1.165, 1.54) is 5.56 Å². The van der Waals surface area contributed by atoms with Crippen LogP contribution in [0.5, 0.6) is 5.75 Å². The molecule has 0 saturated carbocycles. The Bertz CT molecular complexity index is 566. The molecule has 1 N–H and O–H groups in total. The number of nitrogens with one attached hydrogen (secondary N) is 1. The maximum atomic E-state index is 12.2. The van der Waals surface area contributed by atoms with Crippen LogP contribution in [0, 0.1) is 0 Å². The zero-order valence-corrected chi connectivity index (χ0v) is 12.3. The fraction of sp³-hybridized carbons (Fsp3) is 0.278. The van der Waals surface area contributed by atoms with Crippen molar-refractivity contribution in [2.24, 2.45) is 0 Å². The first kappa shape index (κ1) is 15.1. The topological polar surface area (TPSA) is 38.3 Å². The molecule has 0 fully saturated rings. The Morgan fingerprint density at radius 3 is 2.52 bits per heavy atom. The molecule has 3 nitrogen and oxygen atoms in total. The predicted molar refractivity (Wildman–Crippen MR) is 84.7 cm³/mol.